The summed E-state index contributed by atoms with van der Waals surface area (Å²) in [6.45, 7) is 5.98. The number of aliphatic imine (C=N–C) groups is 1. The molecule has 0 radical (unpaired) electrons. The van der Waals surface area contributed by atoms with Crippen molar-refractivity contribution >= 4 is 31.1 Å². The van der Waals surface area contributed by atoms with Gasteiger partial charge in [0.05, 0.1) is 6.67 Å². The Hall–Kier alpha value is -0.450. The lowest BCUT2D eigenvalue weighted by Gasteiger charge is -1.96. The molecule has 1 aromatic rings. The third-order valence-electron chi connectivity index (χ3n) is 1.52. The minimum absolute atomic E-state index is 0.653. The van der Waals surface area contributed by atoms with E-state index in [-0.39, 0.29) is 0 Å². The highest BCUT2D eigenvalue weighted by Gasteiger charge is 1.88. The van der Waals surface area contributed by atoms with Crippen LogP contribution in [0.1, 0.15) is 5.56 Å². The standard InChI is InChI=1S/C8H10S2.C3H8N2/c1-7-2-4-8(5-3-7)10-6-9;1-4-3-5-2/h2-5,9H,6H2,1H3;5H,1,3H2,2H3. The van der Waals surface area contributed by atoms with E-state index < -0.39 is 0 Å². The fourth-order valence-corrected chi connectivity index (χ4v) is 1.75. The van der Waals surface area contributed by atoms with Gasteiger partial charge in [-0.15, -0.1) is 11.8 Å². The maximum absolute atomic E-state index is 4.12. The fraction of sp³-hybridized carbons (Fsp3) is 0.364. The Balaban J connectivity index is 0.000000336. The Bertz CT molecular complexity index is 260. The molecule has 0 aliphatic carbocycles. The van der Waals surface area contributed by atoms with Gasteiger partial charge in [0.25, 0.3) is 0 Å². The predicted octanol–water partition coefficient (Wildman–Crippen LogP) is 2.84. The van der Waals surface area contributed by atoms with Crippen molar-refractivity contribution in [2.24, 2.45) is 4.99 Å². The molecule has 1 aromatic carbocycles. The molecular weight excluding hydrogens is 224 g/mol. The topological polar surface area (TPSA) is 24.4 Å². The van der Waals surface area contributed by atoms with Crippen molar-refractivity contribution in [3.8, 4) is 0 Å². The minimum atomic E-state index is 0.653. The Morgan fingerprint density at radius 2 is 2.00 bits per heavy atom. The van der Waals surface area contributed by atoms with Crippen LogP contribution in [0.15, 0.2) is 34.2 Å². The van der Waals surface area contributed by atoms with Crippen LogP contribution in [0.25, 0.3) is 0 Å². The van der Waals surface area contributed by atoms with Gasteiger partial charge in [0.1, 0.15) is 0 Å². The third-order valence-corrected chi connectivity index (χ3v) is 2.64. The second-order valence-corrected chi connectivity index (χ2v) is 4.61. The normalized spacial score (nSPS) is 9.00. The van der Waals surface area contributed by atoms with Gasteiger partial charge in [0.2, 0.25) is 0 Å². The van der Waals surface area contributed by atoms with E-state index in [4.69, 9.17) is 0 Å². The van der Waals surface area contributed by atoms with Crippen LogP contribution in [0.2, 0.25) is 0 Å². The van der Waals surface area contributed by atoms with Crippen LogP contribution in [0.3, 0.4) is 0 Å². The molecule has 0 heterocycles. The number of nitrogens with zero attached hydrogens (tertiary/aromatic N) is 1. The summed E-state index contributed by atoms with van der Waals surface area (Å²) in [4.78, 5) is 4.79. The first kappa shape index (κ1) is 14.6. The van der Waals surface area contributed by atoms with Crippen LogP contribution in [0, 0.1) is 6.92 Å². The summed E-state index contributed by atoms with van der Waals surface area (Å²) < 4.78 is 0. The number of thiol groups is 1. The van der Waals surface area contributed by atoms with Crippen molar-refractivity contribution in [2.75, 3.05) is 18.8 Å². The van der Waals surface area contributed by atoms with Crippen LogP contribution in [0.5, 0.6) is 0 Å². The molecule has 15 heavy (non-hydrogen) atoms. The zero-order valence-electron chi connectivity index (χ0n) is 9.23. The third kappa shape index (κ3) is 8.54. The van der Waals surface area contributed by atoms with Crippen molar-refractivity contribution in [2.45, 2.75) is 11.8 Å². The molecule has 4 heteroatoms. The predicted molar refractivity (Wildman–Crippen MR) is 74.4 cm³/mol. The van der Waals surface area contributed by atoms with E-state index in [2.05, 4.69) is 60.8 Å². The Morgan fingerprint density at radius 1 is 1.40 bits per heavy atom. The number of rotatable bonds is 4. The summed E-state index contributed by atoms with van der Waals surface area (Å²) in [6, 6.07) is 8.48. The Labute approximate surface area is 102 Å². The van der Waals surface area contributed by atoms with Crippen LogP contribution >= 0.6 is 24.4 Å². The number of aryl methyl sites for hydroxylation is 1. The maximum atomic E-state index is 4.12. The van der Waals surface area contributed by atoms with Gasteiger partial charge in [-0.25, -0.2) is 0 Å². The molecule has 0 aromatic heterocycles. The number of benzene rings is 1. The first-order valence-corrected chi connectivity index (χ1v) is 6.23. The molecule has 0 bridgehead atoms. The van der Waals surface area contributed by atoms with E-state index in [9.17, 15) is 0 Å². The average molecular weight is 242 g/mol. The van der Waals surface area contributed by atoms with Crippen molar-refractivity contribution < 1.29 is 0 Å². The van der Waals surface area contributed by atoms with Gasteiger partial charge in [-0.05, 0) is 32.8 Å². The van der Waals surface area contributed by atoms with Crippen LogP contribution in [-0.4, -0.2) is 25.5 Å². The molecular formula is C11H18N2S2. The molecule has 0 aliphatic heterocycles. The molecule has 84 valence electrons. The summed E-state index contributed by atoms with van der Waals surface area (Å²) in [5, 5.41) is 3.64. The van der Waals surface area contributed by atoms with Crippen LogP contribution < -0.4 is 5.32 Å². The summed E-state index contributed by atoms with van der Waals surface area (Å²) >= 11 is 5.87. The van der Waals surface area contributed by atoms with E-state index in [1.807, 2.05) is 7.05 Å². The molecule has 0 fully saturated rings. The monoisotopic (exact) mass is 242 g/mol. The van der Waals surface area contributed by atoms with Crippen molar-refractivity contribution in [3.05, 3.63) is 29.8 Å². The van der Waals surface area contributed by atoms with Crippen molar-refractivity contribution in [3.63, 3.8) is 0 Å². The molecule has 1 rings (SSSR count). The first-order valence-electron chi connectivity index (χ1n) is 4.62. The second kappa shape index (κ2) is 10.1. The largest absolute Gasteiger partial charge is 0.301 e. The lowest BCUT2D eigenvalue weighted by molar-refractivity contribution is 0.840. The highest BCUT2D eigenvalue weighted by Crippen LogP contribution is 2.18. The average Bonchev–Trinajstić information content (AvgIpc) is 2.24. The molecule has 0 aliphatic rings. The van der Waals surface area contributed by atoms with Crippen molar-refractivity contribution in [1.82, 2.24) is 5.32 Å². The second-order valence-electron chi connectivity index (χ2n) is 2.82. The fourth-order valence-electron chi connectivity index (χ4n) is 0.821. The zero-order valence-corrected chi connectivity index (χ0v) is 10.9. The number of thioether (sulfide) groups is 1. The molecule has 0 unspecified atom stereocenters. The van der Waals surface area contributed by atoms with Crippen LogP contribution in [0.4, 0.5) is 0 Å². The lowest BCUT2D eigenvalue weighted by Crippen LogP contribution is -2.03. The molecule has 0 spiro atoms. The Kier molecular flexibility index (Phi) is 9.78. The van der Waals surface area contributed by atoms with E-state index in [0.29, 0.717) is 6.67 Å². The van der Waals surface area contributed by atoms with Gasteiger partial charge >= 0.3 is 0 Å². The number of nitrogens with one attached hydrogen (secondary N) is 1. The molecule has 0 atom stereocenters. The summed E-state index contributed by atoms with van der Waals surface area (Å²) in [5.74, 6) is 0. The summed E-state index contributed by atoms with van der Waals surface area (Å²) in [6.07, 6.45) is 0. The van der Waals surface area contributed by atoms with Gasteiger partial charge < -0.3 is 5.32 Å². The van der Waals surface area contributed by atoms with E-state index in [0.717, 1.165) is 5.08 Å². The highest BCUT2D eigenvalue weighted by molar-refractivity contribution is 8.09. The summed E-state index contributed by atoms with van der Waals surface area (Å²) in [7, 11) is 1.83. The molecule has 2 nitrogen and oxygen atoms in total. The number of hydrogen-bond acceptors (Lipinski definition) is 4. The molecule has 0 saturated carbocycles. The SMILES string of the molecule is C=NCNC.Cc1ccc(SCS)cc1. The lowest BCUT2D eigenvalue weighted by atomic mass is 10.2. The molecule has 0 amide bonds. The van der Waals surface area contributed by atoms with Gasteiger partial charge in [-0.1, -0.05) is 17.7 Å². The van der Waals surface area contributed by atoms with Crippen LogP contribution in [-0.2, 0) is 0 Å². The number of hydrogen-bond donors (Lipinski definition) is 2. The van der Waals surface area contributed by atoms with E-state index in [1.54, 1.807) is 11.8 Å². The Morgan fingerprint density at radius 3 is 2.33 bits per heavy atom. The van der Waals surface area contributed by atoms with Gasteiger partial charge in [0, 0.05) is 9.98 Å². The van der Waals surface area contributed by atoms with Gasteiger partial charge in [0.15, 0.2) is 0 Å². The van der Waals surface area contributed by atoms with E-state index >= 15 is 0 Å². The van der Waals surface area contributed by atoms with Gasteiger partial charge in [-0.2, -0.15) is 12.6 Å². The molecule has 1 N–H and O–H groups in total. The van der Waals surface area contributed by atoms with Gasteiger partial charge in [-0.3, -0.25) is 4.99 Å². The van der Waals surface area contributed by atoms with E-state index in [1.165, 1.54) is 10.5 Å². The zero-order chi connectivity index (χ0) is 11.5. The first-order chi connectivity index (χ1) is 7.24. The minimum Gasteiger partial charge on any atom is -0.301 e. The highest BCUT2D eigenvalue weighted by atomic mass is 32.2. The maximum Gasteiger partial charge on any atom is 0.0874 e. The molecule has 0 saturated heterocycles. The smallest absolute Gasteiger partial charge is 0.0874 e. The summed E-state index contributed by atoms with van der Waals surface area (Å²) in [5.41, 5.74) is 1.31. The van der Waals surface area contributed by atoms with Crippen molar-refractivity contribution in [1.29, 1.82) is 0 Å². The quantitative estimate of drug-likeness (QED) is 0.367.